The highest BCUT2D eigenvalue weighted by atomic mass is 19.1. The van der Waals surface area contributed by atoms with Gasteiger partial charge in [-0.15, -0.1) is 0 Å². The monoisotopic (exact) mass is 249 g/mol. The molecule has 1 aromatic carbocycles. The summed E-state index contributed by atoms with van der Waals surface area (Å²) in [4.78, 5) is 22.4. The molecule has 1 aliphatic heterocycles. The quantitative estimate of drug-likeness (QED) is 0.735. The van der Waals surface area contributed by atoms with Gasteiger partial charge in [-0.3, -0.25) is 9.59 Å². The largest absolute Gasteiger partial charge is 0.357 e. The standard InChI is InChI=1S/C12H12FN3O2/c1-14-12(18)9-4-7(2-3-10(9)13)16-8-5-11(17)15-6-8/h2-5,16H,6H2,1H3,(H,14,18)(H,15,17). The van der Waals surface area contributed by atoms with E-state index in [1.54, 1.807) is 0 Å². The highest BCUT2D eigenvalue weighted by Gasteiger charge is 2.13. The van der Waals surface area contributed by atoms with Crippen LogP contribution in [0.3, 0.4) is 0 Å². The van der Waals surface area contributed by atoms with Crippen molar-refractivity contribution in [3.63, 3.8) is 0 Å². The predicted molar refractivity (Wildman–Crippen MR) is 64.5 cm³/mol. The molecule has 0 saturated carbocycles. The maximum absolute atomic E-state index is 13.4. The highest BCUT2D eigenvalue weighted by molar-refractivity contribution is 5.95. The number of carbonyl (C=O) groups is 2. The average molecular weight is 249 g/mol. The van der Waals surface area contributed by atoms with Gasteiger partial charge in [-0.1, -0.05) is 0 Å². The van der Waals surface area contributed by atoms with Gasteiger partial charge in [-0.2, -0.15) is 0 Å². The van der Waals surface area contributed by atoms with Crippen molar-refractivity contribution in [2.45, 2.75) is 0 Å². The van der Waals surface area contributed by atoms with E-state index in [0.29, 0.717) is 17.9 Å². The van der Waals surface area contributed by atoms with Crippen LogP contribution in [-0.4, -0.2) is 25.4 Å². The number of carbonyl (C=O) groups excluding carboxylic acids is 2. The molecule has 0 aliphatic carbocycles. The van der Waals surface area contributed by atoms with Crippen LogP contribution in [-0.2, 0) is 4.79 Å². The fourth-order valence-corrected chi connectivity index (χ4v) is 1.62. The first kappa shape index (κ1) is 12.1. The molecule has 0 radical (unpaired) electrons. The van der Waals surface area contributed by atoms with Crippen LogP contribution in [0.4, 0.5) is 10.1 Å². The Kier molecular flexibility index (Phi) is 3.27. The Morgan fingerprint density at radius 2 is 2.22 bits per heavy atom. The van der Waals surface area contributed by atoms with Gasteiger partial charge in [0.05, 0.1) is 12.1 Å². The van der Waals surface area contributed by atoms with Crippen LogP contribution in [0.1, 0.15) is 10.4 Å². The number of nitrogens with one attached hydrogen (secondary N) is 3. The van der Waals surface area contributed by atoms with Gasteiger partial charge in [0.2, 0.25) is 5.91 Å². The van der Waals surface area contributed by atoms with E-state index < -0.39 is 11.7 Å². The first-order chi connectivity index (χ1) is 8.60. The van der Waals surface area contributed by atoms with Gasteiger partial charge in [-0.25, -0.2) is 4.39 Å². The van der Waals surface area contributed by atoms with Crippen LogP contribution in [0.5, 0.6) is 0 Å². The molecule has 5 nitrogen and oxygen atoms in total. The lowest BCUT2D eigenvalue weighted by Crippen LogP contribution is -2.19. The first-order valence-electron chi connectivity index (χ1n) is 5.37. The Labute approximate surface area is 103 Å². The number of rotatable bonds is 3. The molecule has 0 bridgehead atoms. The van der Waals surface area contributed by atoms with Gasteiger partial charge in [0.15, 0.2) is 0 Å². The predicted octanol–water partition coefficient (Wildman–Crippen LogP) is 0.611. The van der Waals surface area contributed by atoms with E-state index in [2.05, 4.69) is 16.0 Å². The van der Waals surface area contributed by atoms with Crippen LogP contribution in [0, 0.1) is 5.82 Å². The van der Waals surface area contributed by atoms with E-state index in [1.807, 2.05) is 0 Å². The third kappa shape index (κ3) is 2.48. The molecular weight excluding hydrogens is 237 g/mol. The van der Waals surface area contributed by atoms with Crippen molar-refractivity contribution >= 4 is 17.5 Å². The summed E-state index contributed by atoms with van der Waals surface area (Å²) in [5.74, 6) is -1.26. The zero-order chi connectivity index (χ0) is 13.1. The van der Waals surface area contributed by atoms with Crippen molar-refractivity contribution < 1.29 is 14.0 Å². The maximum atomic E-state index is 13.4. The number of amides is 2. The van der Waals surface area contributed by atoms with Crippen LogP contribution >= 0.6 is 0 Å². The zero-order valence-electron chi connectivity index (χ0n) is 9.71. The first-order valence-corrected chi connectivity index (χ1v) is 5.37. The summed E-state index contributed by atoms with van der Waals surface area (Å²) in [6, 6.07) is 4.11. The second-order valence-corrected chi connectivity index (χ2v) is 3.79. The molecule has 1 heterocycles. The lowest BCUT2D eigenvalue weighted by molar-refractivity contribution is -0.115. The molecular formula is C12H12FN3O2. The molecule has 18 heavy (non-hydrogen) atoms. The number of benzene rings is 1. The highest BCUT2D eigenvalue weighted by Crippen LogP contribution is 2.17. The fourth-order valence-electron chi connectivity index (χ4n) is 1.62. The number of anilines is 1. The summed E-state index contributed by atoms with van der Waals surface area (Å²) in [6.45, 7) is 0.394. The molecule has 0 fully saturated rings. The maximum Gasteiger partial charge on any atom is 0.254 e. The lowest BCUT2D eigenvalue weighted by Gasteiger charge is -2.09. The molecule has 0 aromatic heterocycles. The van der Waals surface area contributed by atoms with Gasteiger partial charge >= 0.3 is 0 Å². The Balaban J connectivity index is 2.22. The molecule has 0 unspecified atom stereocenters. The van der Waals surface area contributed by atoms with Crippen LogP contribution in [0.15, 0.2) is 30.0 Å². The Morgan fingerprint density at radius 1 is 1.44 bits per heavy atom. The van der Waals surface area contributed by atoms with Crippen molar-refractivity contribution in [3.8, 4) is 0 Å². The van der Waals surface area contributed by atoms with Crippen LogP contribution < -0.4 is 16.0 Å². The topological polar surface area (TPSA) is 70.2 Å². The van der Waals surface area contributed by atoms with Gasteiger partial charge in [0.1, 0.15) is 5.82 Å². The lowest BCUT2D eigenvalue weighted by atomic mass is 10.1. The second kappa shape index (κ2) is 4.87. The molecule has 0 saturated heterocycles. The summed E-state index contributed by atoms with van der Waals surface area (Å²) >= 11 is 0. The minimum absolute atomic E-state index is 0.0413. The summed E-state index contributed by atoms with van der Waals surface area (Å²) in [5.41, 5.74) is 1.19. The summed E-state index contributed by atoms with van der Waals surface area (Å²) in [7, 11) is 1.43. The molecule has 2 rings (SSSR count). The second-order valence-electron chi connectivity index (χ2n) is 3.79. The van der Waals surface area contributed by atoms with Gasteiger partial charge < -0.3 is 16.0 Å². The molecule has 0 atom stereocenters. The number of hydrogen-bond acceptors (Lipinski definition) is 3. The van der Waals surface area contributed by atoms with Gasteiger partial charge in [-0.05, 0) is 18.2 Å². The number of hydrogen-bond donors (Lipinski definition) is 3. The van der Waals surface area contributed by atoms with Crippen molar-refractivity contribution in [1.82, 2.24) is 10.6 Å². The van der Waals surface area contributed by atoms with Crippen molar-refractivity contribution in [1.29, 1.82) is 0 Å². The Bertz CT molecular complexity index is 540. The van der Waals surface area contributed by atoms with Crippen molar-refractivity contribution in [2.75, 3.05) is 18.9 Å². The number of halogens is 1. The molecule has 6 heteroatoms. The van der Waals surface area contributed by atoms with Crippen LogP contribution in [0.25, 0.3) is 0 Å². The van der Waals surface area contributed by atoms with E-state index in [4.69, 9.17) is 0 Å². The van der Waals surface area contributed by atoms with Crippen LogP contribution in [0.2, 0.25) is 0 Å². The fraction of sp³-hybridized carbons (Fsp3) is 0.167. The molecule has 2 amide bonds. The van der Waals surface area contributed by atoms with Gasteiger partial charge in [0.25, 0.3) is 5.91 Å². The molecule has 0 spiro atoms. The summed E-state index contributed by atoms with van der Waals surface area (Å²) < 4.78 is 13.4. The summed E-state index contributed by atoms with van der Waals surface area (Å²) in [6.07, 6.45) is 1.42. The third-order valence-corrected chi connectivity index (χ3v) is 2.50. The normalized spacial score (nSPS) is 13.9. The minimum atomic E-state index is -0.588. The Morgan fingerprint density at radius 3 is 2.83 bits per heavy atom. The van der Waals surface area contributed by atoms with E-state index in [9.17, 15) is 14.0 Å². The van der Waals surface area contributed by atoms with Gasteiger partial charge in [0, 0.05) is 24.5 Å². The van der Waals surface area contributed by atoms with E-state index >= 15 is 0 Å². The molecule has 1 aromatic rings. The van der Waals surface area contributed by atoms with E-state index in [0.717, 1.165) is 0 Å². The minimum Gasteiger partial charge on any atom is -0.357 e. The SMILES string of the molecule is CNC(=O)c1cc(NC2=CC(=O)NC2)ccc1F. The third-order valence-electron chi connectivity index (χ3n) is 2.50. The van der Waals surface area contributed by atoms with E-state index in [1.165, 1.54) is 31.3 Å². The molecule has 3 N–H and O–H groups in total. The smallest absolute Gasteiger partial charge is 0.254 e. The van der Waals surface area contributed by atoms with E-state index in [-0.39, 0.29) is 11.5 Å². The average Bonchev–Trinajstić information content (AvgIpc) is 2.76. The molecule has 94 valence electrons. The molecule has 1 aliphatic rings. The summed E-state index contributed by atoms with van der Waals surface area (Å²) in [5, 5.41) is 7.91. The Hall–Kier alpha value is -2.37. The zero-order valence-corrected chi connectivity index (χ0v) is 9.71. The van der Waals surface area contributed by atoms with Crippen molar-refractivity contribution in [2.24, 2.45) is 0 Å². The van der Waals surface area contributed by atoms with Crippen molar-refractivity contribution in [3.05, 3.63) is 41.4 Å².